The highest BCUT2D eigenvalue weighted by molar-refractivity contribution is 5.97. The lowest BCUT2D eigenvalue weighted by molar-refractivity contribution is 0.0952. The minimum absolute atomic E-state index is 0.00765. The van der Waals surface area contributed by atoms with Crippen molar-refractivity contribution in [1.29, 1.82) is 0 Å². The van der Waals surface area contributed by atoms with Crippen LogP contribution in [0.15, 0.2) is 35.3 Å². The fourth-order valence-electron chi connectivity index (χ4n) is 3.09. The number of hydrogen-bond acceptors (Lipinski definition) is 4. The number of benzene rings is 1. The van der Waals surface area contributed by atoms with Crippen LogP contribution in [-0.4, -0.2) is 27.5 Å². The summed E-state index contributed by atoms with van der Waals surface area (Å²) in [4.78, 5) is 29.8. The van der Waals surface area contributed by atoms with E-state index in [0.29, 0.717) is 30.9 Å². The van der Waals surface area contributed by atoms with Crippen LogP contribution in [0.2, 0.25) is 0 Å². The summed E-state index contributed by atoms with van der Waals surface area (Å²) in [5.41, 5.74) is -2.02. The third kappa shape index (κ3) is 4.70. The van der Waals surface area contributed by atoms with Gasteiger partial charge in [-0.2, -0.15) is 0 Å². The summed E-state index contributed by atoms with van der Waals surface area (Å²) in [6.07, 6.45) is 1.67. The molecular formula is C22H23F3N4O2. The summed E-state index contributed by atoms with van der Waals surface area (Å²) < 4.78 is 43.7. The number of halogens is 3. The van der Waals surface area contributed by atoms with E-state index < -0.39 is 34.5 Å². The van der Waals surface area contributed by atoms with Crippen LogP contribution in [0.1, 0.15) is 44.5 Å². The summed E-state index contributed by atoms with van der Waals surface area (Å²) in [7, 11) is 0. The van der Waals surface area contributed by atoms with Crippen molar-refractivity contribution >= 4 is 22.8 Å². The van der Waals surface area contributed by atoms with Crippen LogP contribution in [0.4, 0.5) is 19.0 Å². The monoisotopic (exact) mass is 432 g/mol. The Balaban J connectivity index is 2.35. The average Bonchev–Trinajstić information content (AvgIpc) is 2.65. The zero-order valence-electron chi connectivity index (χ0n) is 17.6. The first-order valence-electron chi connectivity index (χ1n) is 9.79. The molecular weight excluding hydrogens is 409 g/mol. The van der Waals surface area contributed by atoms with E-state index in [4.69, 9.17) is 0 Å². The molecule has 6 nitrogen and oxygen atoms in total. The number of hydrogen-bond donors (Lipinski definition) is 2. The van der Waals surface area contributed by atoms with Gasteiger partial charge in [0, 0.05) is 30.4 Å². The van der Waals surface area contributed by atoms with E-state index in [1.54, 1.807) is 6.07 Å². The van der Waals surface area contributed by atoms with Gasteiger partial charge in [0.05, 0.1) is 5.39 Å². The number of nitrogens with zero attached hydrogens (tertiary/aromatic N) is 2. The molecule has 1 aromatic carbocycles. The van der Waals surface area contributed by atoms with Crippen molar-refractivity contribution in [2.24, 2.45) is 0 Å². The van der Waals surface area contributed by atoms with Crippen molar-refractivity contribution in [1.82, 2.24) is 14.9 Å². The second kappa shape index (κ2) is 8.41. The van der Waals surface area contributed by atoms with Crippen molar-refractivity contribution in [3.05, 3.63) is 63.7 Å². The van der Waals surface area contributed by atoms with Gasteiger partial charge in [-0.1, -0.05) is 6.92 Å². The van der Waals surface area contributed by atoms with Crippen molar-refractivity contribution in [3.8, 4) is 5.69 Å². The Morgan fingerprint density at radius 1 is 1.13 bits per heavy atom. The molecule has 0 bridgehead atoms. The number of carbonyl (C=O) groups excluding carboxylic acids is 1. The Labute approximate surface area is 177 Å². The first-order valence-corrected chi connectivity index (χ1v) is 9.79. The summed E-state index contributed by atoms with van der Waals surface area (Å²) in [6.45, 7) is 7.85. The largest absolute Gasteiger partial charge is 0.365 e. The minimum Gasteiger partial charge on any atom is -0.365 e. The molecule has 31 heavy (non-hydrogen) atoms. The Morgan fingerprint density at radius 2 is 1.77 bits per heavy atom. The van der Waals surface area contributed by atoms with Crippen LogP contribution in [-0.2, 0) is 0 Å². The number of pyridine rings is 2. The molecule has 3 aromatic rings. The van der Waals surface area contributed by atoms with Crippen molar-refractivity contribution in [3.63, 3.8) is 0 Å². The van der Waals surface area contributed by atoms with Gasteiger partial charge in [-0.05, 0) is 39.3 Å². The summed E-state index contributed by atoms with van der Waals surface area (Å²) in [6, 6.07) is 4.03. The van der Waals surface area contributed by atoms with Gasteiger partial charge in [0.2, 0.25) is 5.43 Å². The van der Waals surface area contributed by atoms with Crippen molar-refractivity contribution < 1.29 is 18.0 Å². The predicted molar refractivity (Wildman–Crippen MR) is 113 cm³/mol. The third-order valence-electron chi connectivity index (χ3n) is 4.36. The standard InChI is InChI=1S/C22H23F3N4O2/c1-5-8-26-21(31)14-11-29(18-15(24)9-12(23)10-16(18)25)20-13(19(14)30)6-7-17(27-20)28-22(2,3)4/h6-7,9-11H,5,8H2,1-4H3,(H,26,31)(H,27,28). The number of fused-ring (bicyclic) bond motifs is 1. The fourth-order valence-corrected chi connectivity index (χ4v) is 3.09. The fraction of sp³-hybridized carbons (Fsp3) is 0.318. The molecule has 0 radical (unpaired) electrons. The van der Waals surface area contributed by atoms with Crippen LogP contribution in [0.3, 0.4) is 0 Å². The molecule has 2 aromatic heterocycles. The van der Waals surface area contributed by atoms with E-state index in [1.807, 2.05) is 27.7 Å². The summed E-state index contributed by atoms with van der Waals surface area (Å²) in [5.74, 6) is -3.80. The number of aromatic nitrogens is 2. The van der Waals surface area contributed by atoms with E-state index in [-0.39, 0.29) is 22.1 Å². The van der Waals surface area contributed by atoms with E-state index in [9.17, 15) is 22.8 Å². The second-order valence-corrected chi connectivity index (χ2v) is 8.16. The molecule has 164 valence electrons. The maximum atomic E-state index is 14.6. The van der Waals surface area contributed by atoms with Gasteiger partial charge in [-0.15, -0.1) is 0 Å². The molecule has 0 spiro atoms. The quantitative estimate of drug-likeness (QED) is 0.635. The smallest absolute Gasteiger partial charge is 0.256 e. The van der Waals surface area contributed by atoms with Gasteiger partial charge in [0.1, 0.15) is 22.9 Å². The number of anilines is 1. The third-order valence-corrected chi connectivity index (χ3v) is 4.36. The Hall–Kier alpha value is -3.36. The highest BCUT2D eigenvalue weighted by atomic mass is 19.1. The molecule has 0 aliphatic heterocycles. The molecule has 0 aliphatic rings. The molecule has 2 N–H and O–H groups in total. The van der Waals surface area contributed by atoms with Gasteiger partial charge in [-0.25, -0.2) is 18.2 Å². The maximum absolute atomic E-state index is 14.6. The van der Waals surface area contributed by atoms with Crippen LogP contribution >= 0.6 is 0 Å². The second-order valence-electron chi connectivity index (χ2n) is 8.16. The Kier molecular flexibility index (Phi) is 6.06. The van der Waals surface area contributed by atoms with Crippen molar-refractivity contribution in [2.75, 3.05) is 11.9 Å². The average molecular weight is 432 g/mol. The zero-order valence-corrected chi connectivity index (χ0v) is 17.6. The van der Waals surface area contributed by atoms with Crippen LogP contribution in [0.25, 0.3) is 16.7 Å². The zero-order chi connectivity index (χ0) is 22.9. The highest BCUT2D eigenvalue weighted by Crippen LogP contribution is 2.24. The highest BCUT2D eigenvalue weighted by Gasteiger charge is 2.22. The lowest BCUT2D eigenvalue weighted by atomic mass is 10.1. The molecule has 0 atom stereocenters. The molecule has 1 amide bonds. The molecule has 9 heteroatoms. The van der Waals surface area contributed by atoms with Gasteiger partial charge < -0.3 is 10.6 Å². The molecule has 3 rings (SSSR count). The lowest BCUT2D eigenvalue weighted by Gasteiger charge is -2.22. The Morgan fingerprint density at radius 3 is 2.35 bits per heavy atom. The van der Waals surface area contributed by atoms with Crippen LogP contribution in [0.5, 0.6) is 0 Å². The molecule has 0 saturated heterocycles. The van der Waals surface area contributed by atoms with Gasteiger partial charge in [0.25, 0.3) is 5.91 Å². The SMILES string of the molecule is CCCNC(=O)c1cn(-c2c(F)cc(F)cc2F)c2nc(NC(C)(C)C)ccc2c1=O. The molecule has 0 unspecified atom stereocenters. The topological polar surface area (TPSA) is 76.0 Å². The summed E-state index contributed by atoms with van der Waals surface area (Å²) >= 11 is 0. The van der Waals surface area contributed by atoms with Crippen LogP contribution < -0.4 is 16.1 Å². The number of carbonyl (C=O) groups is 1. The van der Waals surface area contributed by atoms with Gasteiger partial charge in [-0.3, -0.25) is 14.2 Å². The molecule has 0 aliphatic carbocycles. The van der Waals surface area contributed by atoms with Gasteiger partial charge in [0.15, 0.2) is 17.3 Å². The first-order chi connectivity index (χ1) is 14.5. The number of amides is 1. The molecule has 0 fully saturated rings. The molecule has 0 saturated carbocycles. The normalized spacial score (nSPS) is 11.6. The van der Waals surface area contributed by atoms with Gasteiger partial charge >= 0.3 is 0 Å². The minimum atomic E-state index is -1.20. The molecule has 2 heterocycles. The first kappa shape index (κ1) is 22.3. The lowest BCUT2D eigenvalue weighted by Crippen LogP contribution is -2.31. The number of nitrogens with one attached hydrogen (secondary N) is 2. The van der Waals surface area contributed by atoms with E-state index in [1.165, 1.54) is 6.07 Å². The summed E-state index contributed by atoms with van der Waals surface area (Å²) in [5, 5.41) is 5.70. The predicted octanol–water partition coefficient (Wildman–Crippen LogP) is 4.15. The van der Waals surface area contributed by atoms with Crippen molar-refractivity contribution in [2.45, 2.75) is 39.7 Å². The number of rotatable bonds is 5. The maximum Gasteiger partial charge on any atom is 0.256 e. The Bertz CT molecular complexity index is 1190. The van der Waals surface area contributed by atoms with E-state index >= 15 is 0 Å². The van der Waals surface area contributed by atoms with E-state index in [2.05, 4.69) is 15.6 Å². The van der Waals surface area contributed by atoms with E-state index in [0.717, 1.165) is 10.8 Å². The van der Waals surface area contributed by atoms with Crippen LogP contribution in [0, 0.1) is 17.5 Å².